The molecule has 3 aliphatic rings. The van der Waals surface area contributed by atoms with Crippen molar-refractivity contribution in [2.45, 2.75) is 109 Å². The Hall–Kier alpha value is -4.19. The van der Waals surface area contributed by atoms with Gasteiger partial charge in [-0.2, -0.15) is 4.98 Å². The average molecular weight is 676 g/mol. The van der Waals surface area contributed by atoms with Crippen molar-refractivity contribution in [1.29, 1.82) is 0 Å². The van der Waals surface area contributed by atoms with E-state index in [0.717, 1.165) is 29.5 Å². The summed E-state index contributed by atoms with van der Waals surface area (Å²) in [4.78, 5) is 37.8. The molecule has 2 saturated carbocycles. The summed E-state index contributed by atoms with van der Waals surface area (Å²) in [6, 6.07) is 13.2. The normalized spacial score (nSPS) is 22.6. The molecule has 256 valence electrons. The lowest BCUT2D eigenvalue weighted by Crippen LogP contribution is -2.53. The van der Waals surface area contributed by atoms with Crippen molar-refractivity contribution >= 4 is 28.0 Å². The minimum atomic E-state index is -4.16. The Morgan fingerprint density at radius 1 is 1.00 bits per heavy atom. The van der Waals surface area contributed by atoms with E-state index in [-0.39, 0.29) is 70.5 Å². The molecule has 2 fully saturated rings. The van der Waals surface area contributed by atoms with Crippen LogP contribution in [0.4, 0.5) is 10.7 Å². The molecule has 11 nitrogen and oxygen atoms in total. The monoisotopic (exact) mass is 675 g/mol. The summed E-state index contributed by atoms with van der Waals surface area (Å²) in [5.41, 5.74) is 3.46. The molecular formula is C36H45N5O6S. The summed E-state index contributed by atoms with van der Waals surface area (Å²) >= 11 is 0. The highest BCUT2D eigenvalue weighted by atomic mass is 32.2. The van der Waals surface area contributed by atoms with Crippen molar-refractivity contribution in [2.24, 2.45) is 5.41 Å². The Labute approximate surface area is 282 Å². The molecule has 6 rings (SSSR count). The zero-order valence-electron chi connectivity index (χ0n) is 28.3. The van der Waals surface area contributed by atoms with E-state index in [0.29, 0.717) is 37.8 Å². The summed E-state index contributed by atoms with van der Waals surface area (Å²) < 4.78 is 41.7. The van der Waals surface area contributed by atoms with Crippen LogP contribution in [0, 0.1) is 19.3 Å². The van der Waals surface area contributed by atoms with Crippen LogP contribution in [-0.2, 0) is 14.8 Å². The summed E-state index contributed by atoms with van der Waals surface area (Å²) in [6.07, 6.45) is 4.79. The number of amides is 2. The molecule has 0 unspecified atom stereocenters. The highest BCUT2D eigenvalue weighted by molar-refractivity contribution is 7.92. The highest BCUT2D eigenvalue weighted by Gasteiger charge is 2.38. The molecule has 2 aliphatic carbocycles. The first kappa shape index (κ1) is 33.7. The van der Waals surface area contributed by atoms with Crippen LogP contribution in [0.5, 0.6) is 5.88 Å². The number of fused-ring (bicyclic) bond motifs is 4. The summed E-state index contributed by atoms with van der Waals surface area (Å²) in [5.74, 6) is -0.168. The first-order valence-electron chi connectivity index (χ1n) is 16.8. The molecule has 2 N–H and O–H groups in total. The van der Waals surface area contributed by atoms with Gasteiger partial charge in [-0.15, -0.1) is 0 Å². The van der Waals surface area contributed by atoms with Crippen LogP contribution >= 0.6 is 0 Å². The lowest BCUT2D eigenvalue weighted by atomic mass is 9.84. The number of hydrogen-bond donors (Lipinski definition) is 2. The van der Waals surface area contributed by atoms with Crippen molar-refractivity contribution in [3.63, 3.8) is 0 Å². The number of benzene rings is 2. The van der Waals surface area contributed by atoms with Crippen molar-refractivity contribution in [1.82, 2.24) is 20.2 Å². The van der Waals surface area contributed by atoms with Gasteiger partial charge in [-0.25, -0.2) is 22.9 Å². The number of aromatic nitrogens is 2. The first-order valence-corrected chi connectivity index (χ1v) is 18.3. The Kier molecular flexibility index (Phi) is 9.39. The van der Waals surface area contributed by atoms with Crippen LogP contribution in [0.25, 0.3) is 11.3 Å². The molecule has 0 saturated heterocycles. The topological polar surface area (TPSA) is 140 Å². The first-order chi connectivity index (χ1) is 22.8. The standard InChI is InChI=1S/C36H45N5O6S/c1-22-8-6-9-23(2)32(22)30-19-31-39-34(38-30)40-48(44,45)29-11-7-10-24(18-29)33(42)41(27(21-46-31)20-36(3,4)5)26-14-12-25(13-15-26)37-35(43)47-28-16-17-28/h6-11,18-19,25-28H,12-17,20-21H2,1-5H3,(H,37,43)(H,38,39,40)/t25-,26-,27-/m1/s1. The number of aryl methyl sites for hydroxylation is 2. The number of sulfonamides is 1. The van der Waals surface area contributed by atoms with Crippen LogP contribution in [0.3, 0.4) is 0 Å². The molecule has 1 atom stereocenters. The molecule has 2 aromatic carbocycles. The molecular weight excluding hydrogens is 630 g/mol. The maximum absolute atomic E-state index is 14.5. The van der Waals surface area contributed by atoms with Gasteiger partial charge in [0, 0.05) is 29.3 Å². The fourth-order valence-corrected chi connectivity index (χ4v) is 7.80. The Morgan fingerprint density at radius 2 is 1.69 bits per heavy atom. The zero-order valence-corrected chi connectivity index (χ0v) is 29.1. The molecule has 0 spiro atoms. The van der Waals surface area contributed by atoms with Crippen LogP contribution in [-0.4, -0.2) is 66.1 Å². The third kappa shape index (κ3) is 7.91. The van der Waals surface area contributed by atoms with Crippen molar-refractivity contribution in [3.8, 4) is 17.1 Å². The number of alkyl carbamates (subject to hydrolysis) is 1. The van der Waals surface area contributed by atoms with Gasteiger partial charge in [-0.1, -0.05) is 45.0 Å². The van der Waals surface area contributed by atoms with Crippen LogP contribution in [0.2, 0.25) is 0 Å². The maximum Gasteiger partial charge on any atom is 0.407 e. The van der Waals surface area contributed by atoms with Gasteiger partial charge < -0.3 is 19.7 Å². The van der Waals surface area contributed by atoms with E-state index >= 15 is 0 Å². The van der Waals surface area contributed by atoms with E-state index in [9.17, 15) is 18.0 Å². The zero-order chi connectivity index (χ0) is 34.2. The van der Waals surface area contributed by atoms with Crippen molar-refractivity contribution in [3.05, 3.63) is 65.2 Å². The Morgan fingerprint density at radius 3 is 2.35 bits per heavy atom. The largest absolute Gasteiger partial charge is 0.475 e. The molecule has 2 amide bonds. The minimum absolute atomic E-state index is 0.0289. The van der Waals surface area contributed by atoms with Gasteiger partial charge in [0.2, 0.25) is 11.8 Å². The summed E-state index contributed by atoms with van der Waals surface area (Å²) in [6.45, 7) is 10.5. The van der Waals surface area contributed by atoms with Crippen LogP contribution in [0.15, 0.2) is 53.4 Å². The molecule has 3 aromatic rings. The van der Waals surface area contributed by atoms with E-state index < -0.39 is 10.0 Å². The number of nitrogens with zero attached hydrogens (tertiary/aromatic N) is 3. The molecule has 1 aliphatic heterocycles. The summed E-state index contributed by atoms with van der Waals surface area (Å²) in [5, 5.41) is 3.00. The quantitative estimate of drug-likeness (QED) is 0.317. The van der Waals surface area contributed by atoms with Gasteiger partial charge in [0.15, 0.2) is 0 Å². The lowest BCUT2D eigenvalue weighted by molar-refractivity contribution is 0.0304. The second-order valence-corrected chi connectivity index (χ2v) is 16.2. The van der Waals surface area contributed by atoms with Gasteiger partial charge in [0.25, 0.3) is 15.9 Å². The van der Waals surface area contributed by atoms with Gasteiger partial charge in [0.1, 0.15) is 12.7 Å². The molecule has 1 aromatic heterocycles. The number of ether oxygens (including phenoxy) is 2. The van der Waals surface area contributed by atoms with Gasteiger partial charge in [-0.05, 0) is 93.5 Å². The number of anilines is 1. The van der Waals surface area contributed by atoms with E-state index in [1.54, 1.807) is 18.2 Å². The number of nitrogens with one attached hydrogen (secondary N) is 2. The van der Waals surface area contributed by atoms with E-state index in [1.165, 1.54) is 12.1 Å². The fourth-order valence-electron chi connectivity index (χ4n) is 6.81. The second kappa shape index (κ2) is 13.4. The number of carbonyl (C=O) groups is 2. The Bertz CT molecular complexity index is 1770. The number of carbonyl (C=O) groups excluding carboxylic acids is 2. The molecule has 0 radical (unpaired) electrons. The lowest BCUT2D eigenvalue weighted by Gasteiger charge is -2.43. The van der Waals surface area contributed by atoms with Gasteiger partial charge in [0.05, 0.1) is 16.6 Å². The van der Waals surface area contributed by atoms with E-state index in [4.69, 9.17) is 9.47 Å². The third-order valence-corrected chi connectivity index (χ3v) is 10.5. The SMILES string of the molecule is Cc1cccc(C)c1-c1cc2nc(n1)NS(=O)(=O)c1cccc(c1)C(=O)N([C@H]1CC[C@H](NC(=O)OC3CC3)CC1)[C@H](CC(C)(C)C)CO2. The molecule has 4 bridgehead atoms. The van der Waals surface area contributed by atoms with Gasteiger partial charge in [-0.3, -0.25) is 4.79 Å². The van der Waals surface area contributed by atoms with Crippen LogP contribution < -0.4 is 14.8 Å². The van der Waals surface area contributed by atoms with Gasteiger partial charge >= 0.3 is 6.09 Å². The number of rotatable bonds is 5. The molecule has 48 heavy (non-hydrogen) atoms. The average Bonchev–Trinajstić information content (AvgIpc) is 3.83. The number of hydrogen-bond acceptors (Lipinski definition) is 8. The van der Waals surface area contributed by atoms with Crippen molar-refractivity contribution < 1.29 is 27.5 Å². The maximum atomic E-state index is 14.5. The van der Waals surface area contributed by atoms with E-state index in [1.807, 2.05) is 36.9 Å². The Balaban J connectivity index is 1.38. The summed E-state index contributed by atoms with van der Waals surface area (Å²) in [7, 11) is -4.16. The fraction of sp³-hybridized carbons (Fsp3) is 0.500. The smallest absolute Gasteiger partial charge is 0.407 e. The van der Waals surface area contributed by atoms with E-state index in [2.05, 4.69) is 40.8 Å². The predicted molar refractivity (Wildman–Crippen MR) is 182 cm³/mol. The third-order valence-electron chi connectivity index (χ3n) is 9.17. The predicted octanol–water partition coefficient (Wildman–Crippen LogP) is 6.40. The highest BCUT2D eigenvalue weighted by Crippen LogP contribution is 2.34. The minimum Gasteiger partial charge on any atom is -0.475 e. The molecule has 2 heterocycles. The van der Waals surface area contributed by atoms with Crippen LogP contribution in [0.1, 0.15) is 87.2 Å². The molecule has 12 heteroatoms. The van der Waals surface area contributed by atoms with Crippen molar-refractivity contribution in [2.75, 3.05) is 11.3 Å². The second-order valence-electron chi connectivity index (χ2n) is 14.5.